The Labute approximate surface area is 113 Å². The molecule has 1 N–H and O–H groups in total. The molecule has 2 heterocycles. The molecule has 3 rings (SSSR count). The second-order valence-corrected chi connectivity index (χ2v) is 4.92. The van der Waals surface area contributed by atoms with Crippen molar-refractivity contribution in [1.82, 2.24) is 5.32 Å². The van der Waals surface area contributed by atoms with Gasteiger partial charge in [-0.2, -0.15) is 0 Å². The van der Waals surface area contributed by atoms with Crippen LogP contribution in [0.3, 0.4) is 0 Å². The molecule has 1 aromatic carbocycles. The van der Waals surface area contributed by atoms with Crippen LogP contribution in [0.1, 0.15) is 18.5 Å². The SMILES string of the molecule is C#CCOc1ccc2c(c1)OC[C@H]1OC[C@@H](C)N[C@@H]21. The fraction of sp³-hybridized carbons (Fsp3) is 0.467. The third kappa shape index (κ3) is 2.40. The fourth-order valence-electron chi connectivity index (χ4n) is 2.54. The molecule has 1 saturated heterocycles. The third-order valence-electron chi connectivity index (χ3n) is 3.44. The summed E-state index contributed by atoms with van der Waals surface area (Å²) in [5, 5.41) is 3.56. The van der Waals surface area contributed by atoms with E-state index in [9.17, 15) is 0 Å². The van der Waals surface area contributed by atoms with E-state index in [-0.39, 0.29) is 18.8 Å². The van der Waals surface area contributed by atoms with E-state index in [4.69, 9.17) is 20.6 Å². The lowest BCUT2D eigenvalue weighted by atomic mass is 9.96. The predicted octanol–water partition coefficient (Wildman–Crippen LogP) is 1.51. The minimum atomic E-state index is 0.0844. The van der Waals surface area contributed by atoms with Gasteiger partial charge in [0, 0.05) is 17.7 Å². The Hall–Kier alpha value is -1.70. The number of hydrogen-bond donors (Lipinski definition) is 1. The quantitative estimate of drug-likeness (QED) is 0.817. The van der Waals surface area contributed by atoms with E-state index >= 15 is 0 Å². The normalized spacial score (nSPS) is 28.5. The molecule has 2 aliphatic heterocycles. The van der Waals surface area contributed by atoms with Gasteiger partial charge in [0.1, 0.15) is 30.8 Å². The van der Waals surface area contributed by atoms with E-state index in [1.54, 1.807) is 0 Å². The van der Waals surface area contributed by atoms with Gasteiger partial charge in [-0.05, 0) is 19.1 Å². The van der Waals surface area contributed by atoms with Gasteiger partial charge >= 0.3 is 0 Å². The molecule has 4 heteroatoms. The maximum atomic E-state index is 5.80. The fourth-order valence-corrected chi connectivity index (χ4v) is 2.54. The first-order chi connectivity index (χ1) is 9.28. The smallest absolute Gasteiger partial charge is 0.148 e. The standard InChI is InChI=1S/C15H17NO3/c1-3-6-17-11-4-5-12-13(7-11)19-9-14-15(12)16-10(2)8-18-14/h1,4-5,7,10,14-16H,6,8-9H2,2H3/t10-,14-,15+/m1/s1. The van der Waals surface area contributed by atoms with Crippen molar-refractivity contribution in [3.63, 3.8) is 0 Å². The zero-order valence-corrected chi connectivity index (χ0v) is 10.9. The molecule has 1 fully saturated rings. The van der Waals surface area contributed by atoms with Crippen LogP contribution in [-0.2, 0) is 4.74 Å². The number of terminal acetylenes is 1. The second-order valence-electron chi connectivity index (χ2n) is 4.92. The summed E-state index contributed by atoms with van der Waals surface area (Å²) < 4.78 is 17.0. The number of fused-ring (bicyclic) bond motifs is 3. The van der Waals surface area contributed by atoms with Crippen LogP contribution >= 0.6 is 0 Å². The Morgan fingerprint density at radius 1 is 1.47 bits per heavy atom. The molecule has 0 spiro atoms. The van der Waals surface area contributed by atoms with Crippen LogP contribution in [0.2, 0.25) is 0 Å². The number of rotatable bonds is 2. The summed E-state index contributed by atoms with van der Waals surface area (Å²) in [7, 11) is 0. The maximum absolute atomic E-state index is 5.80. The van der Waals surface area contributed by atoms with E-state index in [0.717, 1.165) is 23.7 Å². The van der Waals surface area contributed by atoms with Gasteiger partial charge in [0.05, 0.1) is 12.6 Å². The number of hydrogen-bond acceptors (Lipinski definition) is 4. The summed E-state index contributed by atoms with van der Waals surface area (Å²) in [5.41, 5.74) is 1.12. The summed E-state index contributed by atoms with van der Waals surface area (Å²) in [4.78, 5) is 0. The first-order valence-corrected chi connectivity index (χ1v) is 6.48. The largest absolute Gasteiger partial charge is 0.490 e. The summed E-state index contributed by atoms with van der Waals surface area (Å²) in [6.45, 7) is 3.68. The van der Waals surface area contributed by atoms with Gasteiger partial charge in [0.25, 0.3) is 0 Å². The van der Waals surface area contributed by atoms with E-state index in [1.165, 1.54) is 0 Å². The van der Waals surface area contributed by atoms with Gasteiger partial charge in [0.15, 0.2) is 0 Å². The summed E-state index contributed by atoms with van der Waals surface area (Å²) in [6.07, 6.45) is 5.27. The van der Waals surface area contributed by atoms with Crippen molar-refractivity contribution in [2.24, 2.45) is 0 Å². The van der Waals surface area contributed by atoms with E-state index in [2.05, 4.69) is 18.2 Å². The molecular weight excluding hydrogens is 242 g/mol. The highest BCUT2D eigenvalue weighted by atomic mass is 16.5. The molecule has 0 aromatic heterocycles. The number of morpholine rings is 1. The zero-order valence-electron chi connectivity index (χ0n) is 10.9. The van der Waals surface area contributed by atoms with Crippen LogP contribution < -0.4 is 14.8 Å². The van der Waals surface area contributed by atoms with Crippen molar-refractivity contribution >= 4 is 0 Å². The molecule has 2 aliphatic rings. The Bertz CT molecular complexity index is 509. The number of benzene rings is 1. The second kappa shape index (κ2) is 5.12. The molecule has 0 bridgehead atoms. The summed E-state index contributed by atoms with van der Waals surface area (Å²) in [6, 6.07) is 6.37. The molecule has 3 atom stereocenters. The Kier molecular flexibility index (Phi) is 3.33. The van der Waals surface area contributed by atoms with Crippen molar-refractivity contribution < 1.29 is 14.2 Å². The van der Waals surface area contributed by atoms with E-state index in [0.29, 0.717) is 12.6 Å². The van der Waals surface area contributed by atoms with Crippen molar-refractivity contribution in [2.75, 3.05) is 19.8 Å². The molecule has 0 aliphatic carbocycles. The molecule has 0 unspecified atom stereocenters. The highest BCUT2D eigenvalue weighted by Crippen LogP contribution is 2.37. The van der Waals surface area contributed by atoms with E-state index < -0.39 is 0 Å². The highest BCUT2D eigenvalue weighted by Gasteiger charge is 2.36. The van der Waals surface area contributed by atoms with Crippen molar-refractivity contribution in [1.29, 1.82) is 0 Å². The lowest BCUT2D eigenvalue weighted by Gasteiger charge is -2.40. The molecule has 0 saturated carbocycles. The molecule has 0 amide bonds. The predicted molar refractivity (Wildman–Crippen MR) is 71.3 cm³/mol. The van der Waals surface area contributed by atoms with Crippen molar-refractivity contribution in [2.45, 2.75) is 25.1 Å². The minimum absolute atomic E-state index is 0.0844. The molecule has 19 heavy (non-hydrogen) atoms. The Balaban J connectivity index is 1.85. The van der Waals surface area contributed by atoms with Crippen LogP contribution in [-0.4, -0.2) is 32.0 Å². The first-order valence-electron chi connectivity index (χ1n) is 6.48. The maximum Gasteiger partial charge on any atom is 0.148 e. The van der Waals surface area contributed by atoms with Crippen LogP contribution in [0.4, 0.5) is 0 Å². The lowest BCUT2D eigenvalue weighted by molar-refractivity contribution is -0.0570. The number of ether oxygens (including phenoxy) is 3. The minimum Gasteiger partial charge on any atom is -0.490 e. The Morgan fingerprint density at radius 3 is 3.21 bits per heavy atom. The average Bonchev–Trinajstić information content (AvgIpc) is 2.44. The van der Waals surface area contributed by atoms with Crippen LogP contribution in [0.5, 0.6) is 11.5 Å². The number of nitrogens with one attached hydrogen (secondary N) is 1. The van der Waals surface area contributed by atoms with Crippen LogP contribution in [0.15, 0.2) is 18.2 Å². The van der Waals surface area contributed by atoms with E-state index in [1.807, 2.05) is 18.2 Å². The Morgan fingerprint density at radius 2 is 2.37 bits per heavy atom. The van der Waals surface area contributed by atoms with Crippen molar-refractivity contribution in [3.05, 3.63) is 23.8 Å². The molecular formula is C15H17NO3. The van der Waals surface area contributed by atoms with Gasteiger partial charge in [-0.3, -0.25) is 0 Å². The topological polar surface area (TPSA) is 39.7 Å². The molecule has 1 aromatic rings. The van der Waals surface area contributed by atoms with Gasteiger partial charge in [0.2, 0.25) is 0 Å². The molecule has 4 nitrogen and oxygen atoms in total. The van der Waals surface area contributed by atoms with Gasteiger partial charge in [-0.1, -0.05) is 5.92 Å². The van der Waals surface area contributed by atoms with Crippen LogP contribution in [0.25, 0.3) is 0 Å². The highest BCUT2D eigenvalue weighted by molar-refractivity contribution is 5.44. The average molecular weight is 259 g/mol. The van der Waals surface area contributed by atoms with Crippen LogP contribution in [0, 0.1) is 12.3 Å². The molecule has 100 valence electrons. The summed E-state index contributed by atoms with van der Waals surface area (Å²) >= 11 is 0. The monoisotopic (exact) mass is 259 g/mol. The first kappa shape index (κ1) is 12.3. The molecule has 0 radical (unpaired) electrons. The lowest BCUT2D eigenvalue weighted by Crippen LogP contribution is -2.51. The van der Waals surface area contributed by atoms with Gasteiger partial charge < -0.3 is 19.5 Å². The zero-order chi connectivity index (χ0) is 13.2. The van der Waals surface area contributed by atoms with Gasteiger partial charge in [-0.25, -0.2) is 0 Å². The van der Waals surface area contributed by atoms with Gasteiger partial charge in [-0.15, -0.1) is 6.42 Å². The summed E-state index contributed by atoms with van der Waals surface area (Å²) in [5.74, 6) is 4.04. The van der Waals surface area contributed by atoms with Crippen molar-refractivity contribution in [3.8, 4) is 23.8 Å². The third-order valence-corrected chi connectivity index (χ3v) is 3.44.